The standard InChI is InChI=1S/C21H26N2O4/c1-3-5-6-12-27-19-11-10-16(13-20(19)26-4-2)15-22-23-18-9-7-8-17(14-18)21(24)25/h7-11,13-15,23H,3-6,12H2,1-2H3,(H,24,25)/b22-15+. The Hall–Kier alpha value is -3.02. The van der Waals surface area contributed by atoms with Crippen LogP contribution in [0.4, 0.5) is 5.69 Å². The Balaban J connectivity index is 2.02. The van der Waals surface area contributed by atoms with Crippen molar-refractivity contribution in [3.63, 3.8) is 0 Å². The van der Waals surface area contributed by atoms with Crippen molar-refractivity contribution in [3.8, 4) is 11.5 Å². The van der Waals surface area contributed by atoms with Crippen LogP contribution in [0, 0.1) is 0 Å². The molecule has 0 amide bonds. The number of rotatable bonds is 11. The monoisotopic (exact) mass is 370 g/mol. The molecule has 0 heterocycles. The van der Waals surface area contributed by atoms with Gasteiger partial charge in [0.1, 0.15) is 0 Å². The van der Waals surface area contributed by atoms with Crippen molar-refractivity contribution in [1.82, 2.24) is 0 Å². The zero-order valence-electron chi connectivity index (χ0n) is 15.8. The average molecular weight is 370 g/mol. The molecule has 2 N–H and O–H groups in total. The number of carboxylic acid groups (broad SMARTS) is 1. The molecule has 144 valence electrons. The van der Waals surface area contributed by atoms with E-state index in [2.05, 4.69) is 17.5 Å². The van der Waals surface area contributed by atoms with Gasteiger partial charge in [0.25, 0.3) is 0 Å². The predicted molar refractivity (Wildman–Crippen MR) is 107 cm³/mol. The highest BCUT2D eigenvalue weighted by molar-refractivity contribution is 5.89. The van der Waals surface area contributed by atoms with Crippen molar-refractivity contribution < 1.29 is 19.4 Å². The fourth-order valence-corrected chi connectivity index (χ4v) is 2.43. The summed E-state index contributed by atoms with van der Waals surface area (Å²) < 4.78 is 11.5. The Morgan fingerprint density at radius 2 is 1.96 bits per heavy atom. The molecule has 0 spiro atoms. The topological polar surface area (TPSA) is 80.2 Å². The number of hydrogen-bond acceptors (Lipinski definition) is 5. The molecule has 0 fully saturated rings. The highest BCUT2D eigenvalue weighted by Crippen LogP contribution is 2.28. The number of nitrogens with one attached hydrogen (secondary N) is 1. The van der Waals surface area contributed by atoms with E-state index in [1.54, 1.807) is 18.3 Å². The van der Waals surface area contributed by atoms with E-state index in [0.717, 1.165) is 30.6 Å². The Bertz CT molecular complexity index is 775. The van der Waals surface area contributed by atoms with E-state index in [0.29, 0.717) is 24.7 Å². The van der Waals surface area contributed by atoms with Gasteiger partial charge in [-0.25, -0.2) is 4.79 Å². The van der Waals surface area contributed by atoms with Gasteiger partial charge in [-0.2, -0.15) is 5.10 Å². The minimum absolute atomic E-state index is 0.207. The molecule has 0 aliphatic rings. The number of carboxylic acids is 1. The average Bonchev–Trinajstić information content (AvgIpc) is 2.67. The summed E-state index contributed by atoms with van der Waals surface area (Å²) in [5.74, 6) is 0.441. The third-order valence-electron chi connectivity index (χ3n) is 3.79. The quantitative estimate of drug-likeness (QED) is 0.337. The summed E-state index contributed by atoms with van der Waals surface area (Å²) in [5, 5.41) is 13.2. The van der Waals surface area contributed by atoms with Crippen molar-refractivity contribution in [2.24, 2.45) is 5.10 Å². The van der Waals surface area contributed by atoms with E-state index in [4.69, 9.17) is 14.6 Å². The number of carbonyl (C=O) groups is 1. The number of anilines is 1. The maximum atomic E-state index is 11.0. The first-order valence-electron chi connectivity index (χ1n) is 9.16. The second-order valence-corrected chi connectivity index (χ2v) is 5.95. The van der Waals surface area contributed by atoms with E-state index >= 15 is 0 Å². The summed E-state index contributed by atoms with van der Waals surface area (Å²) in [6, 6.07) is 12.1. The van der Waals surface area contributed by atoms with Crippen LogP contribution in [0.15, 0.2) is 47.6 Å². The lowest BCUT2D eigenvalue weighted by Gasteiger charge is -2.12. The molecule has 0 bridgehead atoms. The van der Waals surface area contributed by atoms with Crippen molar-refractivity contribution in [2.45, 2.75) is 33.1 Å². The Kier molecular flexibility index (Phi) is 8.16. The molecular weight excluding hydrogens is 344 g/mol. The smallest absolute Gasteiger partial charge is 0.335 e. The second kappa shape index (κ2) is 10.9. The maximum Gasteiger partial charge on any atom is 0.335 e. The first-order chi connectivity index (χ1) is 13.1. The minimum Gasteiger partial charge on any atom is -0.490 e. The predicted octanol–water partition coefficient (Wildman–Crippen LogP) is 4.80. The molecule has 6 nitrogen and oxygen atoms in total. The van der Waals surface area contributed by atoms with Gasteiger partial charge >= 0.3 is 5.97 Å². The largest absolute Gasteiger partial charge is 0.490 e. The van der Waals surface area contributed by atoms with E-state index in [9.17, 15) is 4.79 Å². The van der Waals surface area contributed by atoms with Gasteiger partial charge < -0.3 is 14.6 Å². The first-order valence-corrected chi connectivity index (χ1v) is 9.16. The summed E-state index contributed by atoms with van der Waals surface area (Å²) in [6.07, 6.45) is 4.96. The van der Waals surface area contributed by atoms with Crippen molar-refractivity contribution in [1.29, 1.82) is 0 Å². The summed E-state index contributed by atoms with van der Waals surface area (Å²) in [6.45, 7) is 5.30. The van der Waals surface area contributed by atoms with Gasteiger partial charge in [0.2, 0.25) is 0 Å². The molecule has 0 radical (unpaired) electrons. The number of unbranched alkanes of at least 4 members (excludes halogenated alkanes) is 2. The molecule has 2 aromatic carbocycles. The van der Waals surface area contributed by atoms with Crippen LogP contribution in [-0.2, 0) is 0 Å². The van der Waals surface area contributed by atoms with Gasteiger partial charge in [0, 0.05) is 0 Å². The van der Waals surface area contributed by atoms with Crippen LogP contribution < -0.4 is 14.9 Å². The lowest BCUT2D eigenvalue weighted by Crippen LogP contribution is -2.02. The molecule has 2 rings (SSSR count). The Labute approximate surface area is 159 Å². The van der Waals surface area contributed by atoms with Crippen LogP contribution in [-0.4, -0.2) is 30.5 Å². The van der Waals surface area contributed by atoms with Gasteiger partial charge in [-0.1, -0.05) is 25.8 Å². The molecule has 0 saturated carbocycles. The van der Waals surface area contributed by atoms with Crippen LogP contribution in [0.5, 0.6) is 11.5 Å². The van der Waals surface area contributed by atoms with Gasteiger partial charge in [-0.15, -0.1) is 0 Å². The SMILES string of the molecule is CCCCCOc1ccc(/C=N/Nc2cccc(C(=O)O)c2)cc1OCC. The normalized spacial score (nSPS) is 10.7. The Morgan fingerprint density at radius 1 is 1.11 bits per heavy atom. The fourth-order valence-electron chi connectivity index (χ4n) is 2.43. The molecule has 0 aliphatic heterocycles. The summed E-state index contributed by atoms with van der Waals surface area (Å²) in [5.41, 5.74) is 4.50. The number of ether oxygens (including phenoxy) is 2. The van der Waals surface area contributed by atoms with E-state index < -0.39 is 5.97 Å². The second-order valence-electron chi connectivity index (χ2n) is 5.95. The molecule has 0 atom stereocenters. The highest BCUT2D eigenvalue weighted by atomic mass is 16.5. The molecule has 0 aromatic heterocycles. The molecule has 0 saturated heterocycles. The van der Waals surface area contributed by atoms with Crippen LogP contribution in [0.1, 0.15) is 49.0 Å². The van der Waals surface area contributed by atoms with Crippen LogP contribution in [0.2, 0.25) is 0 Å². The van der Waals surface area contributed by atoms with E-state index in [1.807, 2.05) is 25.1 Å². The van der Waals surface area contributed by atoms with Gasteiger partial charge in [0.15, 0.2) is 11.5 Å². The molecule has 6 heteroatoms. The third kappa shape index (κ3) is 6.66. The zero-order chi connectivity index (χ0) is 19.5. The molecule has 27 heavy (non-hydrogen) atoms. The summed E-state index contributed by atoms with van der Waals surface area (Å²) >= 11 is 0. The number of aromatic carboxylic acids is 1. The van der Waals surface area contributed by atoms with Gasteiger partial charge in [-0.3, -0.25) is 5.43 Å². The third-order valence-corrected chi connectivity index (χ3v) is 3.79. The van der Waals surface area contributed by atoms with Crippen LogP contribution >= 0.6 is 0 Å². The van der Waals surface area contributed by atoms with E-state index in [-0.39, 0.29) is 5.56 Å². The fraction of sp³-hybridized carbons (Fsp3) is 0.333. The number of nitrogens with zero attached hydrogens (tertiary/aromatic N) is 1. The van der Waals surface area contributed by atoms with Gasteiger partial charge in [0.05, 0.1) is 30.7 Å². The molecule has 0 aliphatic carbocycles. The van der Waals surface area contributed by atoms with Crippen molar-refractivity contribution in [2.75, 3.05) is 18.6 Å². The van der Waals surface area contributed by atoms with Crippen LogP contribution in [0.3, 0.4) is 0 Å². The minimum atomic E-state index is -0.974. The Morgan fingerprint density at radius 3 is 2.70 bits per heavy atom. The first kappa shape index (κ1) is 20.3. The van der Waals surface area contributed by atoms with Crippen molar-refractivity contribution in [3.05, 3.63) is 53.6 Å². The highest BCUT2D eigenvalue weighted by Gasteiger charge is 2.06. The number of hydrazone groups is 1. The van der Waals surface area contributed by atoms with Crippen molar-refractivity contribution >= 4 is 17.9 Å². The van der Waals surface area contributed by atoms with E-state index in [1.165, 1.54) is 12.1 Å². The molecule has 2 aromatic rings. The number of hydrogen-bond donors (Lipinski definition) is 2. The maximum absolute atomic E-state index is 11.0. The zero-order valence-corrected chi connectivity index (χ0v) is 15.8. The van der Waals surface area contributed by atoms with Crippen LogP contribution in [0.25, 0.3) is 0 Å². The molecular formula is C21H26N2O4. The lowest BCUT2D eigenvalue weighted by atomic mass is 10.2. The summed E-state index contributed by atoms with van der Waals surface area (Å²) in [4.78, 5) is 11.0. The summed E-state index contributed by atoms with van der Waals surface area (Å²) in [7, 11) is 0. The molecule has 0 unspecified atom stereocenters. The number of benzene rings is 2. The lowest BCUT2D eigenvalue weighted by molar-refractivity contribution is 0.0697. The van der Waals surface area contributed by atoms with Gasteiger partial charge in [-0.05, 0) is 55.3 Å².